The zero-order chi connectivity index (χ0) is 13.8. The standard InChI is InChI=1S/C11H12Cl2N6.ClH/c12-6-1-2-8(13)7(5-6)9-17-10(15)19-11(18-9)16-4-3-14;/h1-2,5H,3-4,14H2,(H3,15,16,17,18,19);1H. The first-order valence-electron chi connectivity index (χ1n) is 5.51. The molecular weight excluding hydrogens is 323 g/mol. The predicted octanol–water partition coefficient (Wildman–Crippen LogP) is 2.22. The molecule has 0 fully saturated rings. The normalized spacial score (nSPS) is 9.95. The van der Waals surface area contributed by atoms with E-state index < -0.39 is 0 Å². The Kier molecular flexibility index (Phi) is 6.22. The third-order valence-electron chi connectivity index (χ3n) is 2.25. The lowest BCUT2D eigenvalue weighted by molar-refractivity contribution is 0.975. The zero-order valence-electron chi connectivity index (χ0n) is 10.3. The number of nitrogens with one attached hydrogen (secondary N) is 1. The molecule has 0 amide bonds. The van der Waals surface area contributed by atoms with Crippen molar-refractivity contribution < 1.29 is 0 Å². The van der Waals surface area contributed by atoms with Crippen LogP contribution in [0.25, 0.3) is 11.4 Å². The highest BCUT2D eigenvalue weighted by Crippen LogP contribution is 2.28. The summed E-state index contributed by atoms with van der Waals surface area (Å²) in [5.74, 6) is 0.809. The van der Waals surface area contributed by atoms with Gasteiger partial charge in [-0.1, -0.05) is 23.2 Å². The molecule has 6 nitrogen and oxygen atoms in total. The largest absolute Gasteiger partial charge is 0.368 e. The predicted molar refractivity (Wildman–Crippen MR) is 84.5 cm³/mol. The van der Waals surface area contributed by atoms with Crippen LogP contribution in [-0.2, 0) is 0 Å². The van der Waals surface area contributed by atoms with Crippen LogP contribution in [-0.4, -0.2) is 28.0 Å². The topological polar surface area (TPSA) is 103 Å². The van der Waals surface area contributed by atoms with E-state index in [4.69, 9.17) is 34.7 Å². The van der Waals surface area contributed by atoms with Gasteiger partial charge in [0, 0.05) is 23.7 Å². The third-order valence-corrected chi connectivity index (χ3v) is 2.81. The fourth-order valence-electron chi connectivity index (χ4n) is 1.44. The van der Waals surface area contributed by atoms with Crippen LogP contribution in [0.3, 0.4) is 0 Å². The maximum atomic E-state index is 6.10. The molecule has 0 aliphatic rings. The molecule has 0 saturated heterocycles. The number of rotatable bonds is 4. The molecule has 0 aliphatic carbocycles. The van der Waals surface area contributed by atoms with Gasteiger partial charge in [-0.15, -0.1) is 12.4 Å². The second kappa shape index (κ2) is 7.44. The minimum atomic E-state index is 0. The first-order valence-corrected chi connectivity index (χ1v) is 6.26. The van der Waals surface area contributed by atoms with Crippen LogP contribution in [0.1, 0.15) is 0 Å². The van der Waals surface area contributed by atoms with E-state index in [1.54, 1.807) is 18.2 Å². The number of hydrogen-bond donors (Lipinski definition) is 3. The average molecular weight is 336 g/mol. The number of aromatic nitrogens is 3. The van der Waals surface area contributed by atoms with Gasteiger partial charge in [0.25, 0.3) is 0 Å². The molecule has 0 aliphatic heterocycles. The van der Waals surface area contributed by atoms with Gasteiger partial charge < -0.3 is 16.8 Å². The summed E-state index contributed by atoms with van der Waals surface area (Å²) in [4.78, 5) is 12.2. The van der Waals surface area contributed by atoms with E-state index in [1.165, 1.54) is 0 Å². The van der Waals surface area contributed by atoms with Gasteiger partial charge in [0.2, 0.25) is 11.9 Å². The molecule has 0 unspecified atom stereocenters. The van der Waals surface area contributed by atoms with Crippen molar-refractivity contribution in [3.05, 3.63) is 28.2 Å². The molecule has 9 heteroatoms. The van der Waals surface area contributed by atoms with Crippen LogP contribution in [0, 0.1) is 0 Å². The maximum Gasteiger partial charge on any atom is 0.228 e. The molecule has 1 heterocycles. The SMILES string of the molecule is Cl.NCCNc1nc(N)nc(-c2cc(Cl)ccc2Cl)n1. The van der Waals surface area contributed by atoms with Crippen LogP contribution in [0.5, 0.6) is 0 Å². The van der Waals surface area contributed by atoms with Gasteiger partial charge in [-0.2, -0.15) is 15.0 Å². The van der Waals surface area contributed by atoms with Crippen molar-refractivity contribution in [3.8, 4) is 11.4 Å². The lowest BCUT2D eigenvalue weighted by Crippen LogP contribution is -2.16. The fraction of sp³-hybridized carbons (Fsp3) is 0.182. The lowest BCUT2D eigenvalue weighted by atomic mass is 10.2. The summed E-state index contributed by atoms with van der Waals surface area (Å²) in [5, 5.41) is 3.96. The number of halogens is 3. The first kappa shape index (κ1) is 16.7. The quantitative estimate of drug-likeness (QED) is 0.791. The van der Waals surface area contributed by atoms with Gasteiger partial charge in [-0.3, -0.25) is 0 Å². The molecule has 108 valence electrons. The van der Waals surface area contributed by atoms with Crippen LogP contribution in [0.15, 0.2) is 18.2 Å². The highest BCUT2D eigenvalue weighted by atomic mass is 35.5. The molecule has 2 rings (SSSR count). The van der Waals surface area contributed by atoms with Crippen molar-refractivity contribution in [1.29, 1.82) is 0 Å². The Balaban J connectivity index is 0.00000200. The Morgan fingerprint density at radius 1 is 1.15 bits per heavy atom. The van der Waals surface area contributed by atoms with Gasteiger partial charge >= 0.3 is 0 Å². The van der Waals surface area contributed by atoms with Crippen LogP contribution in [0.4, 0.5) is 11.9 Å². The van der Waals surface area contributed by atoms with E-state index in [-0.39, 0.29) is 18.4 Å². The third kappa shape index (κ3) is 4.08. The molecule has 20 heavy (non-hydrogen) atoms. The highest BCUT2D eigenvalue weighted by Gasteiger charge is 2.10. The minimum Gasteiger partial charge on any atom is -0.368 e. The van der Waals surface area contributed by atoms with Crippen LogP contribution < -0.4 is 16.8 Å². The Morgan fingerprint density at radius 2 is 1.90 bits per heavy atom. The molecule has 2 aromatic rings. The second-order valence-electron chi connectivity index (χ2n) is 3.68. The van der Waals surface area contributed by atoms with E-state index in [1.807, 2.05) is 0 Å². The number of benzene rings is 1. The Bertz CT molecular complexity index is 592. The van der Waals surface area contributed by atoms with E-state index in [0.717, 1.165) is 0 Å². The molecule has 0 radical (unpaired) electrons. The molecule has 1 aromatic heterocycles. The molecule has 1 aromatic carbocycles. The van der Waals surface area contributed by atoms with Crippen molar-refractivity contribution in [2.75, 3.05) is 24.1 Å². The molecule has 0 bridgehead atoms. The smallest absolute Gasteiger partial charge is 0.228 e. The first-order chi connectivity index (χ1) is 9.10. The van der Waals surface area contributed by atoms with Crippen molar-refractivity contribution in [2.45, 2.75) is 0 Å². The van der Waals surface area contributed by atoms with Gasteiger partial charge in [-0.25, -0.2) is 0 Å². The Hall–Kier alpha value is -1.34. The summed E-state index contributed by atoms with van der Waals surface area (Å²) >= 11 is 12.0. The van der Waals surface area contributed by atoms with Crippen molar-refractivity contribution in [3.63, 3.8) is 0 Å². The van der Waals surface area contributed by atoms with Gasteiger partial charge in [-0.05, 0) is 18.2 Å². The molecule has 0 saturated carbocycles. The van der Waals surface area contributed by atoms with E-state index in [0.29, 0.717) is 40.5 Å². The maximum absolute atomic E-state index is 6.10. The summed E-state index contributed by atoms with van der Waals surface area (Å²) < 4.78 is 0. The fourth-order valence-corrected chi connectivity index (χ4v) is 1.82. The van der Waals surface area contributed by atoms with E-state index in [9.17, 15) is 0 Å². The summed E-state index contributed by atoms with van der Waals surface area (Å²) in [5.41, 5.74) is 11.6. The summed E-state index contributed by atoms with van der Waals surface area (Å²) in [7, 11) is 0. The minimum absolute atomic E-state index is 0. The summed E-state index contributed by atoms with van der Waals surface area (Å²) in [6.07, 6.45) is 0. The van der Waals surface area contributed by atoms with Crippen molar-refractivity contribution >= 4 is 47.5 Å². The van der Waals surface area contributed by atoms with Gasteiger partial charge in [0.05, 0.1) is 5.02 Å². The number of anilines is 2. The number of nitrogens with zero attached hydrogens (tertiary/aromatic N) is 3. The molecule has 0 atom stereocenters. The average Bonchev–Trinajstić information content (AvgIpc) is 2.38. The van der Waals surface area contributed by atoms with E-state index >= 15 is 0 Å². The second-order valence-corrected chi connectivity index (χ2v) is 4.52. The monoisotopic (exact) mass is 334 g/mol. The number of nitrogens with two attached hydrogens (primary N) is 2. The van der Waals surface area contributed by atoms with E-state index in [2.05, 4.69) is 20.3 Å². The molecular formula is C11H13Cl3N6. The van der Waals surface area contributed by atoms with Crippen LogP contribution in [0.2, 0.25) is 10.0 Å². The van der Waals surface area contributed by atoms with Crippen LogP contribution >= 0.6 is 35.6 Å². The molecule has 5 N–H and O–H groups in total. The van der Waals surface area contributed by atoms with Crippen molar-refractivity contribution in [1.82, 2.24) is 15.0 Å². The number of hydrogen-bond acceptors (Lipinski definition) is 6. The summed E-state index contributed by atoms with van der Waals surface area (Å²) in [6, 6.07) is 5.03. The summed E-state index contributed by atoms with van der Waals surface area (Å²) in [6.45, 7) is 0.991. The highest BCUT2D eigenvalue weighted by molar-refractivity contribution is 6.35. The number of nitrogen functional groups attached to an aromatic ring is 1. The van der Waals surface area contributed by atoms with Crippen molar-refractivity contribution in [2.24, 2.45) is 5.73 Å². The lowest BCUT2D eigenvalue weighted by Gasteiger charge is -2.07. The van der Waals surface area contributed by atoms with Gasteiger partial charge in [0.1, 0.15) is 0 Å². The zero-order valence-corrected chi connectivity index (χ0v) is 12.6. The Morgan fingerprint density at radius 3 is 2.60 bits per heavy atom. The molecule has 0 spiro atoms. The Labute approximate surface area is 132 Å². The van der Waals surface area contributed by atoms with Gasteiger partial charge in [0.15, 0.2) is 5.82 Å².